The summed E-state index contributed by atoms with van der Waals surface area (Å²) in [4.78, 5) is 22.1. The predicted molar refractivity (Wildman–Crippen MR) is 113 cm³/mol. The zero-order valence-corrected chi connectivity index (χ0v) is 16.8. The van der Waals surface area contributed by atoms with Crippen LogP contribution in [-0.4, -0.2) is 37.0 Å². The summed E-state index contributed by atoms with van der Waals surface area (Å²) in [6.07, 6.45) is 12.1. The monoisotopic (exact) mass is 392 g/mol. The minimum Gasteiger partial charge on any atom is -0.503 e. The van der Waals surface area contributed by atoms with Gasteiger partial charge in [-0.05, 0) is 48.4 Å². The van der Waals surface area contributed by atoms with E-state index in [1.807, 2.05) is 27.9 Å². The fraction of sp³-hybridized carbons (Fsp3) is 0.391. The van der Waals surface area contributed by atoms with Crippen LogP contribution < -0.4 is 0 Å². The minimum atomic E-state index is -0.249. The third-order valence-electron chi connectivity index (χ3n) is 5.73. The Balaban J connectivity index is 1.60. The van der Waals surface area contributed by atoms with Crippen molar-refractivity contribution in [3.8, 4) is 0 Å². The number of aromatic amines is 1. The fourth-order valence-electron chi connectivity index (χ4n) is 4.23. The van der Waals surface area contributed by atoms with Gasteiger partial charge in [0.05, 0.1) is 12.4 Å². The van der Waals surface area contributed by atoms with Gasteiger partial charge in [0, 0.05) is 42.8 Å². The first-order chi connectivity index (χ1) is 14.2. The van der Waals surface area contributed by atoms with Gasteiger partial charge >= 0.3 is 0 Å². The third kappa shape index (κ3) is 3.92. The minimum absolute atomic E-state index is 0.0529. The van der Waals surface area contributed by atoms with E-state index in [-0.39, 0.29) is 17.7 Å². The number of aromatic nitrogens is 3. The van der Waals surface area contributed by atoms with Gasteiger partial charge in [-0.2, -0.15) is 0 Å². The third-order valence-corrected chi connectivity index (χ3v) is 5.73. The molecule has 0 saturated heterocycles. The summed E-state index contributed by atoms with van der Waals surface area (Å²) < 4.78 is 2.01. The highest BCUT2D eigenvalue weighted by Crippen LogP contribution is 2.40. The van der Waals surface area contributed by atoms with Crippen molar-refractivity contribution < 1.29 is 9.90 Å². The van der Waals surface area contributed by atoms with Crippen molar-refractivity contribution in [1.82, 2.24) is 19.4 Å². The molecule has 0 radical (unpaired) electrons. The van der Waals surface area contributed by atoms with Crippen LogP contribution in [0.3, 0.4) is 0 Å². The summed E-state index contributed by atoms with van der Waals surface area (Å²) in [5.74, 6) is -0.302. The van der Waals surface area contributed by atoms with E-state index in [9.17, 15) is 9.90 Å². The molecule has 0 saturated carbocycles. The Morgan fingerprint density at radius 3 is 2.86 bits per heavy atom. The van der Waals surface area contributed by atoms with Crippen LogP contribution in [0.1, 0.15) is 50.6 Å². The van der Waals surface area contributed by atoms with Gasteiger partial charge in [0.15, 0.2) is 5.76 Å². The first-order valence-electron chi connectivity index (χ1n) is 10.4. The van der Waals surface area contributed by atoms with Crippen LogP contribution in [0.25, 0.3) is 10.9 Å². The molecule has 3 aromatic rings. The molecule has 1 atom stereocenters. The van der Waals surface area contributed by atoms with Crippen LogP contribution in [0.5, 0.6) is 0 Å². The van der Waals surface area contributed by atoms with E-state index in [2.05, 4.69) is 35.1 Å². The normalized spacial score (nSPS) is 17.1. The molecule has 6 heteroatoms. The van der Waals surface area contributed by atoms with Crippen molar-refractivity contribution in [3.05, 3.63) is 66.1 Å². The summed E-state index contributed by atoms with van der Waals surface area (Å²) in [5, 5.41) is 11.8. The summed E-state index contributed by atoms with van der Waals surface area (Å²) in [5.41, 5.74) is 3.00. The largest absolute Gasteiger partial charge is 0.503 e. The second-order valence-corrected chi connectivity index (χ2v) is 7.71. The Hall–Kier alpha value is -3.02. The molecule has 0 aliphatic carbocycles. The molecule has 2 N–H and O–H groups in total. The van der Waals surface area contributed by atoms with E-state index in [4.69, 9.17) is 0 Å². The van der Waals surface area contributed by atoms with E-state index >= 15 is 0 Å². The SMILES string of the molecule is CCCCCC1=C(O)C(=O)N(CCCn2ccnc2)[C@@H]1c1ccc2[nH]ccc2c1. The number of fused-ring (bicyclic) bond motifs is 1. The van der Waals surface area contributed by atoms with Crippen LogP contribution in [0.2, 0.25) is 0 Å². The molecule has 1 aliphatic rings. The predicted octanol–water partition coefficient (Wildman–Crippen LogP) is 4.73. The van der Waals surface area contributed by atoms with E-state index in [0.717, 1.165) is 60.7 Å². The maximum Gasteiger partial charge on any atom is 0.289 e. The van der Waals surface area contributed by atoms with Crippen molar-refractivity contribution in [1.29, 1.82) is 0 Å². The summed E-state index contributed by atoms with van der Waals surface area (Å²) >= 11 is 0. The number of H-pyrrole nitrogens is 1. The van der Waals surface area contributed by atoms with Crippen LogP contribution in [-0.2, 0) is 11.3 Å². The number of aliphatic hydroxyl groups excluding tert-OH is 1. The number of nitrogens with zero attached hydrogens (tertiary/aromatic N) is 3. The van der Waals surface area contributed by atoms with E-state index in [1.165, 1.54) is 0 Å². The lowest BCUT2D eigenvalue weighted by atomic mass is 9.94. The van der Waals surface area contributed by atoms with Crippen molar-refractivity contribution >= 4 is 16.8 Å². The molecule has 6 nitrogen and oxygen atoms in total. The van der Waals surface area contributed by atoms with Crippen LogP contribution in [0.15, 0.2) is 60.5 Å². The Morgan fingerprint density at radius 1 is 1.17 bits per heavy atom. The molecular weight excluding hydrogens is 364 g/mol. The Kier molecular flexibility index (Phi) is 5.69. The molecule has 4 rings (SSSR count). The van der Waals surface area contributed by atoms with Gasteiger partial charge in [0.2, 0.25) is 0 Å². The smallest absolute Gasteiger partial charge is 0.289 e. The lowest BCUT2D eigenvalue weighted by Gasteiger charge is -2.27. The molecule has 1 aliphatic heterocycles. The van der Waals surface area contributed by atoms with Crippen molar-refractivity contribution in [2.45, 2.75) is 51.6 Å². The van der Waals surface area contributed by atoms with Gasteiger partial charge in [0.1, 0.15) is 0 Å². The zero-order valence-electron chi connectivity index (χ0n) is 16.8. The highest BCUT2D eigenvalue weighted by Gasteiger charge is 2.39. The lowest BCUT2D eigenvalue weighted by Crippen LogP contribution is -2.32. The number of rotatable bonds is 9. The summed E-state index contributed by atoms with van der Waals surface area (Å²) in [6.45, 7) is 3.54. The molecule has 152 valence electrons. The number of nitrogens with one attached hydrogen (secondary N) is 1. The molecule has 0 fully saturated rings. The second-order valence-electron chi connectivity index (χ2n) is 7.71. The van der Waals surface area contributed by atoms with Gasteiger partial charge < -0.3 is 19.6 Å². The van der Waals surface area contributed by atoms with Crippen LogP contribution >= 0.6 is 0 Å². The number of hydrogen-bond acceptors (Lipinski definition) is 3. The fourth-order valence-corrected chi connectivity index (χ4v) is 4.23. The molecular formula is C23H28N4O2. The number of aryl methyl sites for hydroxylation is 1. The highest BCUT2D eigenvalue weighted by atomic mass is 16.3. The summed E-state index contributed by atoms with van der Waals surface area (Å²) in [6, 6.07) is 8.10. The van der Waals surface area contributed by atoms with Gasteiger partial charge in [-0.1, -0.05) is 25.8 Å². The van der Waals surface area contributed by atoms with Crippen LogP contribution in [0, 0.1) is 0 Å². The number of carbonyl (C=O) groups is 1. The van der Waals surface area contributed by atoms with Gasteiger partial charge in [-0.15, -0.1) is 0 Å². The Morgan fingerprint density at radius 2 is 2.07 bits per heavy atom. The van der Waals surface area contributed by atoms with E-state index < -0.39 is 0 Å². The Labute approximate surface area is 170 Å². The van der Waals surface area contributed by atoms with E-state index in [0.29, 0.717) is 6.54 Å². The molecule has 0 spiro atoms. The number of hydrogen-bond donors (Lipinski definition) is 2. The van der Waals surface area contributed by atoms with Gasteiger partial charge in [0.25, 0.3) is 5.91 Å². The second kappa shape index (κ2) is 8.55. The number of unbranched alkanes of at least 4 members (excludes halogenated alkanes) is 2. The van der Waals surface area contributed by atoms with Gasteiger partial charge in [-0.3, -0.25) is 4.79 Å². The topological polar surface area (TPSA) is 74.2 Å². The zero-order chi connectivity index (χ0) is 20.2. The van der Waals surface area contributed by atoms with Gasteiger partial charge in [-0.25, -0.2) is 4.98 Å². The average Bonchev–Trinajstić information content (AvgIpc) is 3.45. The number of imidazole rings is 1. The number of carbonyl (C=O) groups excluding carboxylic acids is 1. The lowest BCUT2D eigenvalue weighted by molar-refractivity contribution is -0.129. The number of benzene rings is 1. The highest BCUT2D eigenvalue weighted by molar-refractivity contribution is 5.95. The first kappa shape index (κ1) is 19.3. The summed E-state index contributed by atoms with van der Waals surface area (Å²) in [7, 11) is 0. The van der Waals surface area contributed by atoms with Crippen molar-refractivity contribution in [2.75, 3.05) is 6.54 Å². The molecule has 3 heterocycles. The van der Waals surface area contributed by atoms with Crippen LogP contribution in [0.4, 0.5) is 0 Å². The molecule has 1 amide bonds. The maximum atomic E-state index is 12.9. The molecule has 2 aromatic heterocycles. The molecule has 0 unspecified atom stereocenters. The maximum absolute atomic E-state index is 12.9. The standard InChI is InChI=1S/C23H28N4O2/c1-2-3-4-6-19-21(18-7-8-20-17(15-18)9-10-25-20)27(23(29)22(19)28)13-5-12-26-14-11-24-16-26/h7-11,14-16,21,25,28H,2-6,12-13H2,1H3/t21-/m1/s1. The number of aliphatic hydroxyl groups is 1. The number of amides is 1. The Bertz CT molecular complexity index is 1000. The molecule has 29 heavy (non-hydrogen) atoms. The first-order valence-corrected chi connectivity index (χ1v) is 10.4. The quantitative estimate of drug-likeness (QED) is 0.517. The molecule has 0 bridgehead atoms. The average molecular weight is 393 g/mol. The van der Waals surface area contributed by atoms with Crippen molar-refractivity contribution in [2.24, 2.45) is 0 Å². The van der Waals surface area contributed by atoms with Crippen molar-refractivity contribution in [3.63, 3.8) is 0 Å². The molecule has 1 aromatic carbocycles. The van der Waals surface area contributed by atoms with E-state index in [1.54, 1.807) is 12.5 Å².